The van der Waals surface area contributed by atoms with Crippen LogP contribution in [0.2, 0.25) is 5.02 Å². The summed E-state index contributed by atoms with van der Waals surface area (Å²) in [6.45, 7) is 0.562. The third kappa shape index (κ3) is 3.67. The number of halogens is 2. The van der Waals surface area contributed by atoms with Crippen LogP contribution in [-0.2, 0) is 0 Å². The quantitative estimate of drug-likeness (QED) is 0.580. The molecule has 0 amide bonds. The lowest BCUT2D eigenvalue weighted by Gasteiger charge is -2.10. The van der Waals surface area contributed by atoms with Crippen molar-refractivity contribution in [2.75, 3.05) is 11.9 Å². The Morgan fingerprint density at radius 3 is 2.82 bits per heavy atom. The Labute approximate surface area is 166 Å². The van der Waals surface area contributed by atoms with Gasteiger partial charge in [0.2, 0.25) is 5.95 Å². The van der Waals surface area contributed by atoms with E-state index < -0.39 is 5.82 Å². The molecule has 0 saturated heterocycles. The largest absolute Gasteiger partial charge is 0.490 e. The summed E-state index contributed by atoms with van der Waals surface area (Å²) in [6, 6.07) is 4.78. The van der Waals surface area contributed by atoms with E-state index in [0.29, 0.717) is 40.7 Å². The molecule has 8 heteroatoms. The molecule has 2 aliphatic carbocycles. The first-order valence-corrected chi connectivity index (χ1v) is 9.80. The monoisotopic (exact) mass is 399 g/mol. The number of nitrogens with one attached hydrogen (secondary N) is 2. The Hall–Kier alpha value is -2.67. The first-order chi connectivity index (χ1) is 13.7. The van der Waals surface area contributed by atoms with Gasteiger partial charge in [0.25, 0.3) is 0 Å². The van der Waals surface area contributed by atoms with Crippen LogP contribution in [0.3, 0.4) is 0 Å². The van der Waals surface area contributed by atoms with Crippen molar-refractivity contribution in [2.45, 2.75) is 31.6 Å². The van der Waals surface area contributed by atoms with E-state index in [1.54, 1.807) is 18.3 Å². The van der Waals surface area contributed by atoms with Crippen LogP contribution in [0.4, 0.5) is 16.0 Å². The molecule has 6 nitrogen and oxygen atoms in total. The predicted molar refractivity (Wildman–Crippen MR) is 105 cm³/mol. The van der Waals surface area contributed by atoms with E-state index in [0.717, 1.165) is 37.1 Å². The number of ether oxygens (including phenoxy) is 1. The minimum Gasteiger partial charge on any atom is -0.490 e. The van der Waals surface area contributed by atoms with Crippen molar-refractivity contribution < 1.29 is 9.13 Å². The van der Waals surface area contributed by atoms with Crippen molar-refractivity contribution in [1.82, 2.24) is 20.2 Å². The molecule has 0 bridgehead atoms. The number of hydrogen-bond donors (Lipinski definition) is 2. The second kappa shape index (κ2) is 7.05. The number of aromatic nitrogens is 4. The van der Waals surface area contributed by atoms with Crippen LogP contribution >= 0.6 is 11.6 Å². The van der Waals surface area contributed by atoms with Gasteiger partial charge >= 0.3 is 0 Å². The number of aromatic amines is 1. The van der Waals surface area contributed by atoms with Gasteiger partial charge in [-0.25, -0.2) is 14.4 Å². The molecule has 0 aliphatic heterocycles. The molecule has 0 atom stereocenters. The van der Waals surface area contributed by atoms with Gasteiger partial charge in [0.05, 0.1) is 41.1 Å². The van der Waals surface area contributed by atoms with Crippen molar-refractivity contribution in [1.29, 1.82) is 0 Å². The van der Waals surface area contributed by atoms with Crippen molar-refractivity contribution >= 4 is 23.2 Å². The van der Waals surface area contributed by atoms with Crippen LogP contribution in [0, 0.1) is 11.7 Å². The number of nitrogens with zero attached hydrogens (tertiary/aromatic N) is 3. The first kappa shape index (κ1) is 17.4. The minimum absolute atomic E-state index is 0.256. The van der Waals surface area contributed by atoms with E-state index in [1.165, 1.54) is 12.3 Å². The summed E-state index contributed by atoms with van der Waals surface area (Å²) in [4.78, 5) is 8.73. The van der Waals surface area contributed by atoms with Crippen LogP contribution in [-0.4, -0.2) is 26.8 Å². The lowest BCUT2D eigenvalue weighted by Crippen LogP contribution is -2.02. The standard InChI is InChI=1S/C20H19ClFN5O/c21-14-8-23-20(25-16-9-24-27-19(16)12-3-4-12)26-18(14)13-5-6-17(15(22)7-13)28-10-11-1-2-11/h5-9,11-12H,1-4,10H2,(H,24,27)(H,23,25,26). The van der Waals surface area contributed by atoms with Gasteiger partial charge in [-0.3, -0.25) is 5.10 Å². The van der Waals surface area contributed by atoms with E-state index in [-0.39, 0.29) is 5.75 Å². The Morgan fingerprint density at radius 2 is 2.07 bits per heavy atom. The lowest BCUT2D eigenvalue weighted by atomic mass is 10.1. The smallest absolute Gasteiger partial charge is 0.227 e. The van der Waals surface area contributed by atoms with Gasteiger partial charge in [-0.2, -0.15) is 5.10 Å². The molecule has 0 spiro atoms. The molecule has 0 unspecified atom stereocenters. The molecule has 2 fully saturated rings. The predicted octanol–water partition coefficient (Wildman–Crippen LogP) is 5.07. The average Bonchev–Trinajstić information content (AvgIpc) is 3.62. The van der Waals surface area contributed by atoms with Crippen LogP contribution in [0.1, 0.15) is 37.3 Å². The molecule has 2 saturated carbocycles. The third-order valence-electron chi connectivity index (χ3n) is 5.02. The summed E-state index contributed by atoms with van der Waals surface area (Å²) >= 11 is 6.28. The maximum atomic E-state index is 14.5. The number of hydrogen-bond acceptors (Lipinski definition) is 5. The summed E-state index contributed by atoms with van der Waals surface area (Å²) in [5.74, 6) is 1.29. The molecule has 5 rings (SSSR count). The van der Waals surface area contributed by atoms with Gasteiger partial charge in [-0.1, -0.05) is 11.6 Å². The number of anilines is 2. The second-order valence-electron chi connectivity index (χ2n) is 7.39. The molecule has 28 heavy (non-hydrogen) atoms. The minimum atomic E-state index is -0.423. The Morgan fingerprint density at radius 1 is 1.21 bits per heavy atom. The third-order valence-corrected chi connectivity index (χ3v) is 5.30. The highest BCUT2D eigenvalue weighted by Gasteiger charge is 2.28. The summed E-state index contributed by atoms with van der Waals surface area (Å²) < 4.78 is 20.0. The van der Waals surface area contributed by atoms with Gasteiger partial charge in [0, 0.05) is 11.5 Å². The highest BCUT2D eigenvalue weighted by Crippen LogP contribution is 2.42. The lowest BCUT2D eigenvalue weighted by molar-refractivity contribution is 0.285. The van der Waals surface area contributed by atoms with Crippen LogP contribution in [0.15, 0.2) is 30.6 Å². The van der Waals surface area contributed by atoms with E-state index in [1.807, 2.05) is 0 Å². The maximum Gasteiger partial charge on any atom is 0.227 e. The van der Waals surface area contributed by atoms with Gasteiger partial charge in [-0.15, -0.1) is 0 Å². The van der Waals surface area contributed by atoms with Crippen molar-refractivity contribution in [3.63, 3.8) is 0 Å². The highest BCUT2D eigenvalue weighted by atomic mass is 35.5. The maximum absolute atomic E-state index is 14.5. The number of H-pyrrole nitrogens is 1. The topological polar surface area (TPSA) is 75.7 Å². The first-order valence-electron chi connectivity index (χ1n) is 9.43. The van der Waals surface area contributed by atoms with Crippen LogP contribution in [0.25, 0.3) is 11.3 Å². The zero-order valence-corrected chi connectivity index (χ0v) is 15.8. The summed E-state index contributed by atoms with van der Waals surface area (Å²) in [6.07, 6.45) is 7.85. The molecule has 3 aromatic rings. The molecule has 144 valence electrons. The molecule has 2 aliphatic rings. The number of benzene rings is 1. The molecular weight excluding hydrogens is 381 g/mol. The van der Waals surface area contributed by atoms with Crippen molar-refractivity contribution in [3.8, 4) is 17.0 Å². The fourth-order valence-electron chi connectivity index (χ4n) is 3.09. The Bertz CT molecular complexity index is 1020. The fraction of sp³-hybridized carbons (Fsp3) is 0.350. The van der Waals surface area contributed by atoms with E-state index in [9.17, 15) is 4.39 Å². The van der Waals surface area contributed by atoms with Gasteiger partial charge in [-0.05, 0) is 49.8 Å². The normalized spacial score (nSPS) is 16.2. The summed E-state index contributed by atoms with van der Waals surface area (Å²) in [5, 5.41) is 10.7. The Kier molecular flexibility index (Phi) is 4.39. The van der Waals surface area contributed by atoms with Crippen LogP contribution in [0.5, 0.6) is 5.75 Å². The average molecular weight is 400 g/mol. The molecule has 0 radical (unpaired) electrons. The van der Waals surface area contributed by atoms with Gasteiger partial charge in [0.15, 0.2) is 11.6 Å². The van der Waals surface area contributed by atoms with Crippen LogP contribution < -0.4 is 10.1 Å². The zero-order valence-electron chi connectivity index (χ0n) is 15.1. The van der Waals surface area contributed by atoms with Crippen molar-refractivity contribution in [3.05, 3.63) is 47.1 Å². The number of rotatable bonds is 7. The SMILES string of the molecule is Fc1cc(-c2nc(Nc3cn[nH]c3C3CC3)ncc2Cl)ccc1OCC1CC1. The van der Waals surface area contributed by atoms with Gasteiger partial charge in [0.1, 0.15) is 0 Å². The Balaban J connectivity index is 1.39. The molecule has 1 aromatic carbocycles. The molecular formula is C20H19ClFN5O. The van der Waals surface area contributed by atoms with Gasteiger partial charge < -0.3 is 10.1 Å². The van der Waals surface area contributed by atoms with E-state index >= 15 is 0 Å². The second-order valence-corrected chi connectivity index (χ2v) is 7.79. The van der Waals surface area contributed by atoms with E-state index in [2.05, 4.69) is 25.5 Å². The van der Waals surface area contributed by atoms with E-state index in [4.69, 9.17) is 16.3 Å². The summed E-state index contributed by atoms with van der Waals surface area (Å²) in [5.41, 5.74) is 2.94. The molecule has 2 heterocycles. The molecule has 2 N–H and O–H groups in total. The molecule has 2 aromatic heterocycles. The summed E-state index contributed by atoms with van der Waals surface area (Å²) in [7, 11) is 0. The fourth-order valence-corrected chi connectivity index (χ4v) is 3.29. The highest BCUT2D eigenvalue weighted by molar-refractivity contribution is 6.32. The van der Waals surface area contributed by atoms with Crippen molar-refractivity contribution in [2.24, 2.45) is 5.92 Å². The zero-order chi connectivity index (χ0) is 19.1.